The highest BCUT2D eigenvalue weighted by molar-refractivity contribution is 5.49. The van der Waals surface area contributed by atoms with Gasteiger partial charge in [0.1, 0.15) is 5.75 Å². The fourth-order valence-electron chi connectivity index (χ4n) is 2.48. The number of phenolic OH excluding ortho intramolecular Hbond substituents is 1. The summed E-state index contributed by atoms with van der Waals surface area (Å²) in [6.45, 7) is 2.31. The minimum absolute atomic E-state index is 0.0827. The number of hydrogen-bond acceptors (Lipinski definition) is 3. The van der Waals surface area contributed by atoms with Crippen molar-refractivity contribution in [2.75, 3.05) is 11.9 Å². The molecule has 3 N–H and O–H groups in total. The Labute approximate surface area is 126 Å². The van der Waals surface area contributed by atoms with Gasteiger partial charge in [0.25, 0.3) is 0 Å². The summed E-state index contributed by atoms with van der Waals surface area (Å²) in [5.74, 6) is 0.327. The summed E-state index contributed by atoms with van der Waals surface area (Å²) in [6, 6.07) is 15.8. The molecule has 0 aliphatic heterocycles. The lowest BCUT2D eigenvalue weighted by Crippen LogP contribution is -2.10. The zero-order valence-electron chi connectivity index (χ0n) is 12.4. The van der Waals surface area contributed by atoms with Crippen molar-refractivity contribution in [2.45, 2.75) is 32.2 Å². The van der Waals surface area contributed by atoms with Crippen LogP contribution in [0.25, 0.3) is 0 Å². The number of aliphatic hydroxyl groups is 1. The van der Waals surface area contributed by atoms with Crippen LogP contribution in [0.4, 0.5) is 5.69 Å². The quantitative estimate of drug-likeness (QED) is 0.723. The maximum Gasteiger partial charge on any atom is 0.120 e. The van der Waals surface area contributed by atoms with E-state index in [1.165, 1.54) is 5.56 Å². The molecule has 3 nitrogen and oxygen atoms in total. The fourth-order valence-corrected chi connectivity index (χ4v) is 2.48. The third kappa shape index (κ3) is 4.23. The van der Waals surface area contributed by atoms with E-state index in [-0.39, 0.29) is 12.6 Å². The number of nitrogens with one attached hydrogen (secondary N) is 1. The van der Waals surface area contributed by atoms with E-state index in [4.69, 9.17) is 5.11 Å². The van der Waals surface area contributed by atoms with E-state index >= 15 is 0 Å². The average molecular weight is 285 g/mol. The second-order valence-corrected chi connectivity index (χ2v) is 5.19. The summed E-state index contributed by atoms with van der Waals surface area (Å²) < 4.78 is 0. The SMILES string of the molecule is CCC(Nc1cccc(CCCO)c1)c1ccccc1O. The minimum Gasteiger partial charge on any atom is -0.508 e. The first-order valence-corrected chi connectivity index (χ1v) is 7.48. The zero-order chi connectivity index (χ0) is 15.1. The number of para-hydroxylation sites is 1. The Bertz CT molecular complexity index is 569. The number of aliphatic hydroxyl groups excluding tert-OH is 1. The summed E-state index contributed by atoms with van der Waals surface area (Å²) in [7, 11) is 0. The third-order valence-electron chi connectivity index (χ3n) is 3.61. The normalized spacial score (nSPS) is 12.1. The number of benzene rings is 2. The molecule has 2 aromatic carbocycles. The molecule has 21 heavy (non-hydrogen) atoms. The van der Waals surface area contributed by atoms with Gasteiger partial charge in [-0.1, -0.05) is 37.3 Å². The van der Waals surface area contributed by atoms with Crippen LogP contribution in [-0.4, -0.2) is 16.8 Å². The molecule has 0 aliphatic carbocycles. The van der Waals surface area contributed by atoms with Crippen molar-refractivity contribution >= 4 is 5.69 Å². The van der Waals surface area contributed by atoms with Crippen LogP contribution in [0, 0.1) is 0 Å². The zero-order valence-corrected chi connectivity index (χ0v) is 12.4. The number of aromatic hydroxyl groups is 1. The number of hydrogen-bond donors (Lipinski definition) is 3. The molecule has 0 aliphatic rings. The van der Waals surface area contributed by atoms with E-state index in [1.807, 2.05) is 30.3 Å². The Kier molecular flexibility index (Phi) is 5.64. The largest absolute Gasteiger partial charge is 0.508 e. The highest BCUT2D eigenvalue weighted by Gasteiger charge is 2.12. The standard InChI is InChI=1S/C18H23NO2/c1-2-17(16-10-3-4-11-18(16)21)19-15-9-5-7-14(13-15)8-6-12-20/h3-5,7,9-11,13,17,19-21H,2,6,8,12H2,1H3. The molecule has 0 radical (unpaired) electrons. The van der Waals surface area contributed by atoms with Gasteiger partial charge in [-0.15, -0.1) is 0 Å². The minimum atomic E-state index is 0.0827. The molecule has 3 heteroatoms. The lowest BCUT2D eigenvalue weighted by molar-refractivity contribution is 0.288. The van der Waals surface area contributed by atoms with Gasteiger partial charge in [-0.25, -0.2) is 0 Å². The van der Waals surface area contributed by atoms with E-state index in [2.05, 4.69) is 24.4 Å². The van der Waals surface area contributed by atoms with Crippen molar-refractivity contribution in [1.29, 1.82) is 0 Å². The smallest absolute Gasteiger partial charge is 0.120 e. The Balaban J connectivity index is 2.13. The molecule has 1 atom stereocenters. The Morgan fingerprint density at radius 2 is 1.90 bits per heavy atom. The molecule has 1 unspecified atom stereocenters. The van der Waals surface area contributed by atoms with Gasteiger partial charge in [0, 0.05) is 17.9 Å². The van der Waals surface area contributed by atoms with Gasteiger partial charge in [-0.05, 0) is 43.0 Å². The topological polar surface area (TPSA) is 52.5 Å². The van der Waals surface area contributed by atoms with Gasteiger partial charge in [0.15, 0.2) is 0 Å². The van der Waals surface area contributed by atoms with Crippen LogP contribution in [0.1, 0.15) is 36.9 Å². The predicted octanol–water partition coefficient (Wildman–Crippen LogP) is 3.88. The molecule has 0 spiro atoms. The Hall–Kier alpha value is -2.00. The van der Waals surface area contributed by atoms with Gasteiger partial charge in [-0.3, -0.25) is 0 Å². The summed E-state index contributed by atoms with van der Waals surface area (Å²) >= 11 is 0. The maximum absolute atomic E-state index is 9.99. The lowest BCUT2D eigenvalue weighted by atomic mass is 10.0. The van der Waals surface area contributed by atoms with Crippen molar-refractivity contribution in [3.8, 4) is 5.75 Å². The molecular formula is C18H23NO2. The van der Waals surface area contributed by atoms with Crippen LogP contribution >= 0.6 is 0 Å². The molecule has 112 valence electrons. The van der Waals surface area contributed by atoms with E-state index < -0.39 is 0 Å². The number of phenols is 1. The second kappa shape index (κ2) is 7.70. The van der Waals surface area contributed by atoms with Crippen molar-refractivity contribution in [2.24, 2.45) is 0 Å². The maximum atomic E-state index is 9.99. The van der Waals surface area contributed by atoms with Crippen LogP contribution in [0.3, 0.4) is 0 Å². The van der Waals surface area contributed by atoms with Crippen LogP contribution in [0.5, 0.6) is 5.75 Å². The molecule has 0 saturated carbocycles. The van der Waals surface area contributed by atoms with Crippen LogP contribution in [0.2, 0.25) is 0 Å². The molecule has 0 saturated heterocycles. The molecule has 0 aromatic heterocycles. The second-order valence-electron chi connectivity index (χ2n) is 5.19. The van der Waals surface area contributed by atoms with Crippen molar-refractivity contribution in [3.63, 3.8) is 0 Å². The average Bonchev–Trinajstić information content (AvgIpc) is 2.52. The van der Waals surface area contributed by atoms with Gasteiger partial charge < -0.3 is 15.5 Å². The molecular weight excluding hydrogens is 262 g/mol. The lowest BCUT2D eigenvalue weighted by Gasteiger charge is -2.20. The molecule has 0 fully saturated rings. The molecule has 0 heterocycles. The van der Waals surface area contributed by atoms with Crippen LogP contribution < -0.4 is 5.32 Å². The predicted molar refractivity (Wildman–Crippen MR) is 86.6 cm³/mol. The van der Waals surface area contributed by atoms with Crippen LogP contribution in [-0.2, 0) is 6.42 Å². The highest BCUT2D eigenvalue weighted by Crippen LogP contribution is 2.29. The van der Waals surface area contributed by atoms with Crippen molar-refractivity contribution < 1.29 is 10.2 Å². The monoisotopic (exact) mass is 285 g/mol. The number of aryl methyl sites for hydroxylation is 1. The van der Waals surface area contributed by atoms with E-state index in [0.717, 1.165) is 30.5 Å². The summed E-state index contributed by atoms with van der Waals surface area (Å²) in [5.41, 5.74) is 3.17. The molecule has 2 rings (SSSR count). The first kappa shape index (κ1) is 15.4. The van der Waals surface area contributed by atoms with Crippen molar-refractivity contribution in [1.82, 2.24) is 0 Å². The first-order valence-electron chi connectivity index (χ1n) is 7.48. The third-order valence-corrected chi connectivity index (χ3v) is 3.61. The van der Waals surface area contributed by atoms with E-state index in [9.17, 15) is 5.11 Å². The number of anilines is 1. The Morgan fingerprint density at radius 1 is 1.10 bits per heavy atom. The number of rotatable bonds is 7. The van der Waals surface area contributed by atoms with E-state index in [1.54, 1.807) is 6.07 Å². The molecule has 2 aromatic rings. The Morgan fingerprint density at radius 3 is 2.62 bits per heavy atom. The summed E-state index contributed by atoms with van der Waals surface area (Å²) in [5, 5.41) is 22.4. The molecule has 0 bridgehead atoms. The molecule has 0 amide bonds. The van der Waals surface area contributed by atoms with Gasteiger partial charge in [0.05, 0.1) is 6.04 Å². The summed E-state index contributed by atoms with van der Waals surface area (Å²) in [4.78, 5) is 0. The van der Waals surface area contributed by atoms with Gasteiger partial charge >= 0.3 is 0 Å². The summed E-state index contributed by atoms with van der Waals surface area (Å²) in [6.07, 6.45) is 2.54. The fraction of sp³-hybridized carbons (Fsp3) is 0.333. The van der Waals surface area contributed by atoms with Gasteiger partial charge in [-0.2, -0.15) is 0 Å². The highest BCUT2D eigenvalue weighted by atomic mass is 16.3. The van der Waals surface area contributed by atoms with Crippen molar-refractivity contribution in [3.05, 3.63) is 59.7 Å². The van der Waals surface area contributed by atoms with Gasteiger partial charge in [0.2, 0.25) is 0 Å². The van der Waals surface area contributed by atoms with E-state index in [0.29, 0.717) is 5.75 Å². The van der Waals surface area contributed by atoms with Crippen LogP contribution in [0.15, 0.2) is 48.5 Å². The first-order chi connectivity index (χ1) is 10.2.